The van der Waals surface area contributed by atoms with E-state index in [0.717, 1.165) is 33.6 Å². The minimum atomic E-state index is -0.958. The van der Waals surface area contributed by atoms with Crippen molar-refractivity contribution in [3.8, 4) is 16.9 Å². The minimum Gasteiger partial charge on any atom is -0.489 e. The van der Waals surface area contributed by atoms with Crippen molar-refractivity contribution in [2.45, 2.75) is 120 Å². The quantitative estimate of drug-likeness (QED) is 0.211. The highest BCUT2D eigenvalue weighted by Crippen LogP contribution is 2.45. The second-order valence-electron chi connectivity index (χ2n) is 16.2. The van der Waals surface area contributed by atoms with Crippen LogP contribution in [0.2, 0.25) is 26.2 Å². The number of hydrogen-bond donors (Lipinski definition) is 1. The minimum absolute atomic E-state index is 0.0278. The topological polar surface area (TPSA) is 47.9 Å². The van der Waals surface area contributed by atoms with E-state index in [1.54, 1.807) is 0 Å². The largest absolute Gasteiger partial charge is 0.489 e. The van der Waals surface area contributed by atoms with E-state index in [1.807, 2.05) is 18.2 Å². The highest BCUT2D eigenvalue weighted by atomic mass is 28.3. The maximum atomic E-state index is 10.8. The molecule has 2 radical (unpaired) electrons. The van der Waals surface area contributed by atoms with Gasteiger partial charge >= 0.3 is 0 Å². The lowest BCUT2D eigenvalue weighted by Gasteiger charge is -2.39. The Kier molecular flexibility index (Phi) is 12.1. The van der Waals surface area contributed by atoms with Gasteiger partial charge in [0.15, 0.2) is 0 Å². The van der Waals surface area contributed by atoms with Crippen molar-refractivity contribution in [2.24, 2.45) is 16.2 Å². The highest BCUT2D eigenvalue weighted by Gasteiger charge is 2.36. The molecule has 0 saturated carbocycles. The smallest absolute Gasteiger partial charge is 0.205 e. The van der Waals surface area contributed by atoms with E-state index in [9.17, 15) is 5.11 Å². The van der Waals surface area contributed by atoms with Crippen LogP contribution in [-0.4, -0.2) is 23.2 Å². The van der Waals surface area contributed by atoms with Crippen LogP contribution in [0.15, 0.2) is 60.7 Å². The fraction of sp³-hybridized carbons (Fsp3) is 0.538. The molecule has 3 rings (SSSR count). The Bertz CT molecular complexity index is 1410. The molecule has 0 aliphatic heterocycles. The van der Waals surface area contributed by atoms with Gasteiger partial charge < -0.3 is 18.7 Å². The zero-order valence-electron chi connectivity index (χ0n) is 30.4. The van der Waals surface area contributed by atoms with E-state index in [4.69, 9.17) is 13.6 Å². The summed E-state index contributed by atoms with van der Waals surface area (Å²) in [6.07, 6.45) is -0.598. The first-order chi connectivity index (χ1) is 20.7. The molecule has 0 aliphatic rings. The second kappa shape index (κ2) is 14.7. The zero-order chi connectivity index (χ0) is 33.9. The van der Waals surface area contributed by atoms with E-state index in [1.165, 1.54) is 11.1 Å². The number of aliphatic hydroxyl groups excluding tert-OH is 1. The van der Waals surface area contributed by atoms with Gasteiger partial charge in [-0.15, -0.1) is 0 Å². The molecule has 0 fully saturated rings. The fourth-order valence-electron chi connectivity index (χ4n) is 5.67. The predicted molar refractivity (Wildman–Crippen MR) is 193 cm³/mol. The number of benzene rings is 3. The number of rotatable bonds is 11. The van der Waals surface area contributed by atoms with E-state index in [2.05, 4.69) is 138 Å². The van der Waals surface area contributed by atoms with Crippen molar-refractivity contribution in [3.05, 3.63) is 88.5 Å². The van der Waals surface area contributed by atoms with Gasteiger partial charge in [0.05, 0.1) is 18.3 Å². The molecule has 45 heavy (non-hydrogen) atoms. The average Bonchev–Trinajstić information content (AvgIpc) is 2.91. The molecular formula is C39H58O4Si2. The van der Waals surface area contributed by atoms with Gasteiger partial charge in [0.1, 0.15) is 12.4 Å². The molecule has 4 nitrogen and oxygen atoms in total. The van der Waals surface area contributed by atoms with Crippen LogP contribution in [0.4, 0.5) is 0 Å². The van der Waals surface area contributed by atoms with Crippen molar-refractivity contribution < 1.29 is 18.7 Å². The first-order valence-corrected chi connectivity index (χ1v) is 21.1. The Labute approximate surface area is 278 Å². The highest BCUT2D eigenvalue weighted by molar-refractivity contribution is 6.48. The van der Waals surface area contributed by atoms with Gasteiger partial charge in [0, 0.05) is 0 Å². The third-order valence-electron chi connectivity index (χ3n) is 7.93. The zero-order valence-corrected chi connectivity index (χ0v) is 32.4. The van der Waals surface area contributed by atoms with E-state index < -0.39 is 24.2 Å². The summed E-state index contributed by atoms with van der Waals surface area (Å²) in [6.45, 7) is 31.2. The van der Waals surface area contributed by atoms with Crippen LogP contribution >= 0.6 is 0 Å². The summed E-state index contributed by atoms with van der Waals surface area (Å²) < 4.78 is 19.9. The second-order valence-corrected chi connectivity index (χ2v) is 20.3. The van der Waals surface area contributed by atoms with Crippen molar-refractivity contribution in [3.63, 3.8) is 0 Å². The number of aliphatic hydroxyl groups is 1. The van der Waals surface area contributed by atoms with Crippen LogP contribution in [0.1, 0.15) is 108 Å². The summed E-state index contributed by atoms with van der Waals surface area (Å²) >= 11 is 0. The molecule has 3 atom stereocenters. The summed E-state index contributed by atoms with van der Waals surface area (Å²) in [5, 5.41) is 10.8. The Balaban J connectivity index is 1.97. The molecule has 0 aromatic heterocycles. The number of aryl methyl sites for hydroxylation is 1. The van der Waals surface area contributed by atoms with Gasteiger partial charge in [0.2, 0.25) is 18.1 Å². The summed E-state index contributed by atoms with van der Waals surface area (Å²) in [4.78, 5) is 0. The normalized spacial score (nSPS) is 15.0. The molecule has 0 spiro atoms. The van der Waals surface area contributed by atoms with Crippen LogP contribution in [0.25, 0.3) is 11.1 Å². The SMILES string of the molecule is Cc1cc(C(O)C(C)(C)C)ccc1-c1cccc(OCc2ccc(C(O[Si](C)C)C(C)(C)C)c(C(O[Si](C)C)C(C)(C)C)c2)c1. The van der Waals surface area contributed by atoms with Crippen LogP contribution in [0.5, 0.6) is 5.75 Å². The Morgan fingerprint density at radius 3 is 1.76 bits per heavy atom. The van der Waals surface area contributed by atoms with Gasteiger partial charge in [-0.1, -0.05) is 105 Å². The van der Waals surface area contributed by atoms with Gasteiger partial charge in [-0.3, -0.25) is 0 Å². The average molecular weight is 647 g/mol. The van der Waals surface area contributed by atoms with Crippen molar-refractivity contribution in [1.82, 2.24) is 0 Å². The first-order valence-electron chi connectivity index (χ1n) is 16.3. The molecule has 3 aromatic carbocycles. The van der Waals surface area contributed by atoms with E-state index in [0.29, 0.717) is 6.61 Å². The first kappa shape index (κ1) is 37.2. The molecule has 3 unspecified atom stereocenters. The summed E-state index contributed by atoms with van der Waals surface area (Å²) in [6, 6.07) is 21.3. The molecule has 246 valence electrons. The van der Waals surface area contributed by atoms with Crippen LogP contribution in [0, 0.1) is 23.2 Å². The van der Waals surface area contributed by atoms with E-state index >= 15 is 0 Å². The summed E-state index contributed by atoms with van der Waals surface area (Å²) in [5.74, 6) is 0.827. The lowest BCUT2D eigenvalue weighted by Crippen LogP contribution is -2.31. The maximum Gasteiger partial charge on any atom is 0.205 e. The molecule has 0 heterocycles. The molecule has 3 aromatic rings. The Morgan fingerprint density at radius 1 is 0.667 bits per heavy atom. The number of hydrogen-bond acceptors (Lipinski definition) is 4. The molecule has 0 amide bonds. The monoisotopic (exact) mass is 646 g/mol. The van der Waals surface area contributed by atoms with E-state index in [-0.39, 0.29) is 28.5 Å². The third kappa shape index (κ3) is 10.1. The van der Waals surface area contributed by atoms with Gasteiger partial charge in [-0.2, -0.15) is 0 Å². The van der Waals surface area contributed by atoms with Crippen molar-refractivity contribution in [2.75, 3.05) is 0 Å². The number of ether oxygens (including phenoxy) is 1. The molecule has 1 N–H and O–H groups in total. The lowest BCUT2D eigenvalue weighted by molar-refractivity contribution is 0.0626. The summed E-state index contributed by atoms with van der Waals surface area (Å²) in [5.41, 5.74) is 7.49. The Morgan fingerprint density at radius 2 is 1.24 bits per heavy atom. The van der Waals surface area contributed by atoms with Gasteiger partial charge in [-0.25, -0.2) is 0 Å². The van der Waals surface area contributed by atoms with Crippen LogP contribution in [-0.2, 0) is 15.5 Å². The van der Waals surface area contributed by atoms with Crippen molar-refractivity contribution >= 4 is 18.1 Å². The third-order valence-corrected chi connectivity index (χ3v) is 9.35. The van der Waals surface area contributed by atoms with Crippen LogP contribution in [0.3, 0.4) is 0 Å². The summed E-state index contributed by atoms with van der Waals surface area (Å²) in [7, 11) is -1.89. The maximum absolute atomic E-state index is 10.8. The predicted octanol–water partition coefficient (Wildman–Crippen LogP) is 11.0. The van der Waals surface area contributed by atoms with Crippen molar-refractivity contribution in [1.29, 1.82) is 0 Å². The standard InChI is InChI=1S/C39H58O4Si2/c1-26-22-29(34(40)37(2,3)4)19-21-31(26)28-16-15-17-30(24-28)41-25-27-18-20-32(35(38(5,6)7)42-44(11)12)33(23-27)36(39(8,9)10)43-45(13)14/h15-24,34-36,40H,25H2,1-14H3. The molecule has 0 bridgehead atoms. The lowest BCUT2D eigenvalue weighted by atomic mass is 9.77. The molecule has 0 aliphatic carbocycles. The molecule has 6 heteroatoms. The van der Waals surface area contributed by atoms with Crippen LogP contribution < -0.4 is 4.74 Å². The molecular weight excluding hydrogens is 589 g/mol. The Hall–Kier alpha value is -2.23. The van der Waals surface area contributed by atoms with Gasteiger partial charge in [0.25, 0.3) is 0 Å². The van der Waals surface area contributed by atoms with Gasteiger partial charge in [-0.05, 0) is 107 Å². The fourth-order valence-corrected chi connectivity index (χ4v) is 7.57. The molecule has 0 saturated heterocycles.